The van der Waals surface area contributed by atoms with Crippen molar-refractivity contribution >= 4 is 67.8 Å². The molecular weight excluding hydrogens is 605 g/mol. The van der Waals surface area contributed by atoms with Gasteiger partial charge in [-0.15, -0.1) is 0 Å². The minimum Gasteiger partial charge on any atom is -0.310 e. The number of anilines is 6. The highest BCUT2D eigenvalue weighted by Gasteiger charge is 2.15. The largest absolute Gasteiger partial charge is 0.310 e. The summed E-state index contributed by atoms with van der Waals surface area (Å²) in [6, 6.07) is 65.4. The van der Waals surface area contributed by atoms with Crippen LogP contribution in [-0.2, 0) is 0 Å². The molecule has 2 nitrogen and oxygen atoms in total. The van der Waals surface area contributed by atoms with Crippen LogP contribution in [0.2, 0.25) is 0 Å². The van der Waals surface area contributed by atoms with E-state index in [1.807, 2.05) is 0 Å². The fraction of sp³-hybridized carbons (Fsp3) is 0.0417. The number of fused-ring (bicyclic) bond motifs is 2. The lowest BCUT2D eigenvalue weighted by Crippen LogP contribution is -2.10. The summed E-state index contributed by atoms with van der Waals surface area (Å²) >= 11 is 0. The lowest BCUT2D eigenvalue weighted by Gasteiger charge is -2.26. The summed E-state index contributed by atoms with van der Waals surface area (Å²) < 4.78 is 0. The van der Waals surface area contributed by atoms with Crippen molar-refractivity contribution in [2.75, 3.05) is 9.80 Å². The van der Waals surface area contributed by atoms with E-state index in [2.05, 4.69) is 218 Å². The number of aryl methyl sites for hydroxylation is 2. The van der Waals surface area contributed by atoms with E-state index in [0.29, 0.717) is 0 Å². The Kier molecular flexibility index (Phi) is 8.42. The maximum absolute atomic E-state index is 2.35. The van der Waals surface area contributed by atoms with E-state index in [1.165, 1.54) is 38.4 Å². The van der Waals surface area contributed by atoms with Crippen LogP contribution in [0.4, 0.5) is 34.1 Å². The van der Waals surface area contributed by atoms with Gasteiger partial charge in [-0.05, 0) is 130 Å². The summed E-state index contributed by atoms with van der Waals surface area (Å²) in [5.41, 5.74) is 11.6. The van der Waals surface area contributed by atoms with Gasteiger partial charge in [0, 0.05) is 34.1 Å². The number of para-hydroxylation sites is 1. The summed E-state index contributed by atoms with van der Waals surface area (Å²) in [6.07, 6.45) is 4.38. The standard InChI is InChI=1S/C48H38N2/c1-35-30-36(2)32-48(31-35)49(43-14-4-3-5-15-43)44-24-18-37(19-25-44)16-17-38-20-26-45(27-21-38)50(46-28-22-39-10-6-8-12-41(39)33-46)47-29-23-40-11-7-9-13-42(40)34-47/h3-34H,1-2H3/b17-16+. The topological polar surface area (TPSA) is 6.48 Å². The smallest absolute Gasteiger partial charge is 0.0468 e. The molecule has 50 heavy (non-hydrogen) atoms. The van der Waals surface area contributed by atoms with Gasteiger partial charge in [0.1, 0.15) is 0 Å². The molecule has 0 radical (unpaired) electrons. The number of hydrogen-bond donors (Lipinski definition) is 0. The van der Waals surface area contributed by atoms with Crippen molar-refractivity contribution in [2.24, 2.45) is 0 Å². The summed E-state index contributed by atoms with van der Waals surface area (Å²) in [7, 11) is 0. The van der Waals surface area contributed by atoms with Crippen molar-refractivity contribution in [3.05, 3.63) is 204 Å². The highest BCUT2D eigenvalue weighted by molar-refractivity contribution is 5.92. The Morgan fingerprint density at radius 3 is 1.16 bits per heavy atom. The minimum atomic E-state index is 1.12. The van der Waals surface area contributed by atoms with Gasteiger partial charge in [0.25, 0.3) is 0 Å². The monoisotopic (exact) mass is 642 g/mol. The second-order valence-corrected chi connectivity index (χ2v) is 12.9. The first kappa shape index (κ1) is 30.9. The molecule has 0 saturated carbocycles. The summed E-state index contributed by atoms with van der Waals surface area (Å²) in [6.45, 7) is 4.31. The Bertz CT molecular complexity index is 2340. The van der Waals surface area contributed by atoms with Crippen molar-refractivity contribution in [2.45, 2.75) is 13.8 Å². The molecule has 0 fully saturated rings. The van der Waals surface area contributed by atoms with Crippen LogP contribution in [0.3, 0.4) is 0 Å². The van der Waals surface area contributed by atoms with Gasteiger partial charge >= 0.3 is 0 Å². The number of nitrogens with zero attached hydrogens (tertiary/aromatic N) is 2. The Morgan fingerprint density at radius 2 is 0.680 bits per heavy atom. The summed E-state index contributed by atoms with van der Waals surface area (Å²) in [4.78, 5) is 4.67. The first-order valence-electron chi connectivity index (χ1n) is 17.2. The van der Waals surface area contributed by atoms with Crippen molar-refractivity contribution in [1.82, 2.24) is 0 Å². The molecule has 2 heteroatoms. The Morgan fingerprint density at radius 1 is 0.300 bits per heavy atom. The first-order valence-corrected chi connectivity index (χ1v) is 17.2. The maximum Gasteiger partial charge on any atom is 0.0468 e. The van der Waals surface area contributed by atoms with Gasteiger partial charge in [-0.3, -0.25) is 0 Å². The third kappa shape index (κ3) is 6.52. The molecule has 0 unspecified atom stereocenters. The summed E-state index contributed by atoms with van der Waals surface area (Å²) in [5.74, 6) is 0. The Labute approximate surface area is 294 Å². The predicted octanol–water partition coefficient (Wildman–Crippen LogP) is 13.7. The van der Waals surface area contributed by atoms with Gasteiger partial charge < -0.3 is 9.80 Å². The minimum absolute atomic E-state index is 1.12. The maximum atomic E-state index is 2.35. The molecule has 0 aliphatic heterocycles. The quantitative estimate of drug-likeness (QED) is 0.152. The van der Waals surface area contributed by atoms with Crippen LogP contribution in [-0.4, -0.2) is 0 Å². The second kappa shape index (κ2) is 13.6. The fourth-order valence-electron chi connectivity index (χ4n) is 6.84. The fourth-order valence-corrected chi connectivity index (χ4v) is 6.84. The van der Waals surface area contributed by atoms with Crippen molar-refractivity contribution in [3.8, 4) is 0 Å². The van der Waals surface area contributed by atoms with Crippen LogP contribution in [0.5, 0.6) is 0 Å². The number of hydrogen-bond acceptors (Lipinski definition) is 2. The highest BCUT2D eigenvalue weighted by Crippen LogP contribution is 2.38. The van der Waals surface area contributed by atoms with E-state index >= 15 is 0 Å². The van der Waals surface area contributed by atoms with Gasteiger partial charge in [-0.1, -0.05) is 121 Å². The molecule has 0 N–H and O–H groups in total. The highest BCUT2D eigenvalue weighted by atomic mass is 15.1. The molecule has 0 aliphatic carbocycles. The van der Waals surface area contributed by atoms with Crippen LogP contribution in [0.25, 0.3) is 33.7 Å². The van der Waals surface area contributed by atoms with Crippen LogP contribution in [0.1, 0.15) is 22.3 Å². The van der Waals surface area contributed by atoms with Crippen LogP contribution >= 0.6 is 0 Å². The zero-order valence-corrected chi connectivity index (χ0v) is 28.4. The molecule has 0 aromatic heterocycles. The van der Waals surface area contributed by atoms with Gasteiger partial charge in [-0.25, -0.2) is 0 Å². The Hall–Kier alpha value is -6.38. The third-order valence-electron chi connectivity index (χ3n) is 9.23. The van der Waals surface area contributed by atoms with E-state index in [0.717, 1.165) is 39.6 Å². The lowest BCUT2D eigenvalue weighted by molar-refractivity contribution is 1.25. The first-order chi connectivity index (χ1) is 24.6. The normalized spacial score (nSPS) is 11.3. The van der Waals surface area contributed by atoms with Crippen LogP contribution in [0, 0.1) is 13.8 Å². The van der Waals surface area contributed by atoms with Gasteiger partial charge in [0.2, 0.25) is 0 Å². The summed E-state index contributed by atoms with van der Waals surface area (Å²) in [5, 5.41) is 4.92. The average Bonchev–Trinajstić information content (AvgIpc) is 3.15. The molecule has 0 spiro atoms. The molecule has 8 aromatic carbocycles. The molecule has 0 atom stereocenters. The SMILES string of the molecule is Cc1cc(C)cc(N(c2ccccc2)c2ccc(/C=C/c3ccc(N(c4ccc5ccccc5c4)c4ccc5ccccc5c4)cc3)cc2)c1. The molecule has 0 saturated heterocycles. The van der Waals surface area contributed by atoms with Gasteiger partial charge in [-0.2, -0.15) is 0 Å². The molecule has 8 rings (SSSR count). The molecule has 8 aromatic rings. The van der Waals surface area contributed by atoms with E-state index in [4.69, 9.17) is 0 Å². The van der Waals surface area contributed by atoms with Crippen molar-refractivity contribution in [3.63, 3.8) is 0 Å². The average molecular weight is 643 g/mol. The van der Waals surface area contributed by atoms with E-state index in [1.54, 1.807) is 0 Å². The van der Waals surface area contributed by atoms with Crippen molar-refractivity contribution < 1.29 is 0 Å². The zero-order chi connectivity index (χ0) is 33.9. The van der Waals surface area contributed by atoms with E-state index < -0.39 is 0 Å². The molecule has 0 heterocycles. The van der Waals surface area contributed by atoms with E-state index in [-0.39, 0.29) is 0 Å². The molecule has 0 bridgehead atoms. The lowest BCUT2D eigenvalue weighted by atomic mass is 10.1. The Balaban J connectivity index is 1.08. The zero-order valence-electron chi connectivity index (χ0n) is 28.4. The van der Waals surface area contributed by atoms with Crippen LogP contribution < -0.4 is 9.80 Å². The molecule has 0 amide bonds. The second-order valence-electron chi connectivity index (χ2n) is 12.9. The molecular formula is C48H38N2. The molecule has 240 valence electrons. The van der Waals surface area contributed by atoms with Crippen molar-refractivity contribution in [1.29, 1.82) is 0 Å². The van der Waals surface area contributed by atoms with Gasteiger partial charge in [0.15, 0.2) is 0 Å². The third-order valence-corrected chi connectivity index (χ3v) is 9.23. The predicted molar refractivity (Wildman–Crippen MR) is 216 cm³/mol. The van der Waals surface area contributed by atoms with E-state index in [9.17, 15) is 0 Å². The molecule has 0 aliphatic rings. The van der Waals surface area contributed by atoms with Crippen LogP contribution in [0.15, 0.2) is 182 Å². The number of rotatable bonds is 8. The van der Waals surface area contributed by atoms with Gasteiger partial charge in [0.05, 0.1) is 0 Å². The number of benzene rings is 8.